The number of benzene rings is 2. The van der Waals surface area contributed by atoms with Gasteiger partial charge in [-0.15, -0.1) is 13.2 Å². The number of para-hydroxylation sites is 1. The number of hydrogen-bond acceptors (Lipinski definition) is 5. The number of carbonyl (C=O) groups excluding carboxylic acids is 2. The fourth-order valence-corrected chi connectivity index (χ4v) is 3.96. The molecule has 2 aromatic rings. The van der Waals surface area contributed by atoms with E-state index in [2.05, 4.69) is 15.4 Å². The SMILES string of the molecule is O=C(NCCO)/C(=C/c1ccc(OC(F)(F)F)cc1)NC(=O)c1ccccc1OCCC1CCCC1. The summed E-state index contributed by atoms with van der Waals surface area (Å²) in [5.74, 6) is -0.666. The second-order valence-electron chi connectivity index (χ2n) is 8.39. The van der Waals surface area contributed by atoms with Crippen LogP contribution < -0.4 is 20.1 Å². The summed E-state index contributed by atoms with van der Waals surface area (Å²) in [5, 5.41) is 14.0. The van der Waals surface area contributed by atoms with Crippen molar-refractivity contribution < 1.29 is 37.3 Å². The second-order valence-corrected chi connectivity index (χ2v) is 8.39. The van der Waals surface area contributed by atoms with Crippen molar-refractivity contribution in [3.63, 3.8) is 0 Å². The zero-order valence-corrected chi connectivity index (χ0v) is 19.6. The standard InChI is InChI=1S/C26H29F3N2O5/c27-26(28,29)36-20-11-9-19(10-12-20)17-22(25(34)30-14-15-32)31-24(33)21-7-3-4-8-23(21)35-16-13-18-5-1-2-6-18/h3-4,7-12,17-18,32H,1-2,5-6,13-16H2,(H,30,34)(H,31,33)/b22-17-. The highest BCUT2D eigenvalue weighted by atomic mass is 19.4. The monoisotopic (exact) mass is 506 g/mol. The van der Waals surface area contributed by atoms with Crippen LogP contribution in [-0.2, 0) is 4.79 Å². The number of hydrogen-bond donors (Lipinski definition) is 3. The van der Waals surface area contributed by atoms with E-state index in [1.165, 1.54) is 43.9 Å². The van der Waals surface area contributed by atoms with Crippen LogP contribution in [0.15, 0.2) is 54.2 Å². The van der Waals surface area contributed by atoms with Gasteiger partial charge < -0.3 is 25.2 Å². The molecule has 0 spiro atoms. The smallest absolute Gasteiger partial charge is 0.493 e. The molecule has 7 nitrogen and oxygen atoms in total. The molecule has 2 aromatic carbocycles. The van der Waals surface area contributed by atoms with Gasteiger partial charge in [0.1, 0.15) is 17.2 Å². The van der Waals surface area contributed by atoms with E-state index >= 15 is 0 Å². The molecule has 0 bridgehead atoms. The summed E-state index contributed by atoms with van der Waals surface area (Å²) in [4.78, 5) is 25.7. The molecule has 3 rings (SSSR count). The molecule has 0 radical (unpaired) electrons. The molecule has 1 fully saturated rings. The van der Waals surface area contributed by atoms with E-state index in [1.807, 2.05) is 0 Å². The Balaban J connectivity index is 1.74. The molecule has 0 saturated heterocycles. The van der Waals surface area contributed by atoms with Crippen LogP contribution in [0.1, 0.15) is 48.0 Å². The lowest BCUT2D eigenvalue weighted by Crippen LogP contribution is -2.36. The first kappa shape index (κ1) is 27.1. The Morgan fingerprint density at radius 1 is 1.06 bits per heavy atom. The molecule has 36 heavy (non-hydrogen) atoms. The van der Waals surface area contributed by atoms with Crippen molar-refractivity contribution in [2.24, 2.45) is 5.92 Å². The highest BCUT2D eigenvalue weighted by Gasteiger charge is 2.31. The van der Waals surface area contributed by atoms with Crippen molar-refractivity contribution in [1.29, 1.82) is 0 Å². The van der Waals surface area contributed by atoms with Gasteiger partial charge in [-0.25, -0.2) is 0 Å². The third kappa shape index (κ3) is 8.60. The van der Waals surface area contributed by atoms with Crippen LogP contribution in [0.3, 0.4) is 0 Å². The van der Waals surface area contributed by atoms with Crippen molar-refractivity contribution in [2.45, 2.75) is 38.5 Å². The van der Waals surface area contributed by atoms with Crippen LogP contribution in [0.2, 0.25) is 0 Å². The fourth-order valence-electron chi connectivity index (χ4n) is 3.96. The molecule has 0 heterocycles. The molecular weight excluding hydrogens is 477 g/mol. The van der Waals surface area contributed by atoms with Crippen LogP contribution in [0.25, 0.3) is 6.08 Å². The Morgan fingerprint density at radius 3 is 2.42 bits per heavy atom. The van der Waals surface area contributed by atoms with Gasteiger partial charge in [0.25, 0.3) is 11.8 Å². The maximum Gasteiger partial charge on any atom is 0.573 e. The Kier molecular flexibility index (Phi) is 9.75. The summed E-state index contributed by atoms with van der Waals surface area (Å²) in [5.41, 5.74) is 0.428. The van der Waals surface area contributed by atoms with Crippen molar-refractivity contribution in [3.8, 4) is 11.5 Å². The molecule has 0 atom stereocenters. The minimum atomic E-state index is -4.83. The lowest BCUT2D eigenvalue weighted by molar-refractivity contribution is -0.274. The van der Waals surface area contributed by atoms with Crippen LogP contribution in [-0.4, -0.2) is 43.0 Å². The quantitative estimate of drug-likeness (QED) is 0.392. The molecule has 3 N–H and O–H groups in total. The van der Waals surface area contributed by atoms with Crippen molar-refractivity contribution >= 4 is 17.9 Å². The maximum atomic E-state index is 13.1. The van der Waals surface area contributed by atoms with Crippen LogP contribution >= 0.6 is 0 Å². The summed E-state index contributed by atoms with van der Waals surface area (Å²) in [7, 11) is 0. The summed E-state index contributed by atoms with van der Waals surface area (Å²) in [6.07, 6.45) is 2.22. The summed E-state index contributed by atoms with van der Waals surface area (Å²) < 4.78 is 46.9. The number of carbonyl (C=O) groups is 2. The van der Waals surface area contributed by atoms with Gasteiger partial charge in [0.2, 0.25) is 0 Å². The minimum Gasteiger partial charge on any atom is -0.493 e. The number of halogens is 3. The molecule has 0 aromatic heterocycles. The first-order valence-corrected chi connectivity index (χ1v) is 11.7. The Labute approximate surface area is 207 Å². The van der Waals surface area contributed by atoms with E-state index < -0.39 is 23.9 Å². The Morgan fingerprint density at radius 2 is 1.75 bits per heavy atom. The molecule has 1 saturated carbocycles. The molecule has 10 heteroatoms. The number of aliphatic hydroxyl groups is 1. The average Bonchev–Trinajstić information content (AvgIpc) is 3.36. The van der Waals surface area contributed by atoms with E-state index in [1.54, 1.807) is 24.3 Å². The second kappa shape index (κ2) is 13.0. The highest BCUT2D eigenvalue weighted by Crippen LogP contribution is 2.28. The van der Waals surface area contributed by atoms with Gasteiger partial charge >= 0.3 is 6.36 Å². The van der Waals surface area contributed by atoms with E-state index in [-0.39, 0.29) is 24.4 Å². The van der Waals surface area contributed by atoms with Crippen LogP contribution in [0.5, 0.6) is 11.5 Å². The first-order valence-electron chi connectivity index (χ1n) is 11.7. The third-order valence-corrected chi connectivity index (χ3v) is 5.70. The largest absolute Gasteiger partial charge is 0.573 e. The topological polar surface area (TPSA) is 96.9 Å². The average molecular weight is 507 g/mol. The molecule has 0 unspecified atom stereocenters. The van der Waals surface area contributed by atoms with Crippen molar-refractivity contribution in [3.05, 3.63) is 65.4 Å². The number of amides is 2. The van der Waals surface area contributed by atoms with Gasteiger partial charge in [0, 0.05) is 6.54 Å². The molecule has 0 aliphatic heterocycles. The summed E-state index contributed by atoms with van der Waals surface area (Å²) in [6, 6.07) is 11.5. The maximum absolute atomic E-state index is 13.1. The number of ether oxygens (including phenoxy) is 2. The molecule has 1 aliphatic rings. The van der Waals surface area contributed by atoms with E-state index in [4.69, 9.17) is 9.84 Å². The Bertz CT molecular complexity index is 1050. The molecule has 2 amide bonds. The van der Waals surface area contributed by atoms with Crippen LogP contribution in [0, 0.1) is 5.92 Å². The normalized spacial score (nSPS) is 14.4. The van der Waals surface area contributed by atoms with Gasteiger partial charge in [-0.3, -0.25) is 9.59 Å². The van der Waals surface area contributed by atoms with Crippen LogP contribution in [0.4, 0.5) is 13.2 Å². The first-order chi connectivity index (χ1) is 17.2. The zero-order valence-electron chi connectivity index (χ0n) is 19.6. The van der Waals surface area contributed by atoms with Gasteiger partial charge in [0.15, 0.2) is 0 Å². The van der Waals surface area contributed by atoms with E-state index in [0.29, 0.717) is 23.8 Å². The lowest BCUT2D eigenvalue weighted by atomic mass is 10.1. The zero-order chi connectivity index (χ0) is 26.0. The van der Waals surface area contributed by atoms with Gasteiger partial charge in [-0.1, -0.05) is 49.9 Å². The predicted molar refractivity (Wildman–Crippen MR) is 127 cm³/mol. The van der Waals surface area contributed by atoms with Gasteiger partial charge in [-0.2, -0.15) is 0 Å². The Hall–Kier alpha value is -3.53. The molecule has 194 valence electrons. The van der Waals surface area contributed by atoms with Crippen molar-refractivity contribution in [1.82, 2.24) is 10.6 Å². The minimum absolute atomic E-state index is 0.0503. The van der Waals surface area contributed by atoms with Gasteiger partial charge in [-0.05, 0) is 48.2 Å². The number of nitrogens with one attached hydrogen (secondary N) is 2. The lowest BCUT2D eigenvalue weighted by Gasteiger charge is -2.15. The fraction of sp³-hybridized carbons (Fsp3) is 0.385. The summed E-state index contributed by atoms with van der Waals surface area (Å²) >= 11 is 0. The molecular formula is C26H29F3N2O5. The molecule has 1 aliphatic carbocycles. The van der Waals surface area contributed by atoms with E-state index in [9.17, 15) is 22.8 Å². The number of alkyl halides is 3. The number of aliphatic hydroxyl groups excluding tert-OH is 1. The summed E-state index contributed by atoms with van der Waals surface area (Å²) in [6.45, 7) is 0.111. The number of rotatable bonds is 11. The van der Waals surface area contributed by atoms with Gasteiger partial charge in [0.05, 0.1) is 18.8 Å². The predicted octanol–water partition coefficient (Wildman–Crippen LogP) is 4.42. The van der Waals surface area contributed by atoms with E-state index in [0.717, 1.165) is 18.6 Å². The highest BCUT2D eigenvalue weighted by molar-refractivity contribution is 6.06. The third-order valence-electron chi connectivity index (χ3n) is 5.70. The van der Waals surface area contributed by atoms with Crippen molar-refractivity contribution in [2.75, 3.05) is 19.8 Å².